The van der Waals surface area contributed by atoms with Crippen LogP contribution in [0.15, 0.2) is 53.8 Å². The van der Waals surface area contributed by atoms with Gasteiger partial charge in [0, 0.05) is 23.6 Å². The van der Waals surface area contributed by atoms with E-state index >= 15 is 0 Å². The summed E-state index contributed by atoms with van der Waals surface area (Å²) >= 11 is 0. The standard InChI is InChI=1S/C17H17N3O/c1-3-13-10-12(2)17(21)19-16(13)14-4-6-15(7-5-14)20-9-8-18-11-20/h4-11H,3H2,1-2H3,(H,19,21). The fraction of sp³-hybridized carbons (Fsp3) is 0.176. The van der Waals surface area contributed by atoms with Gasteiger partial charge in [-0.1, -0.05) is 19.1 Å². The number of hydrogen-bond donors (Lipinski definition) is 1. The zero-order valence-corrected chi connectivity index (χ0v) is 12.1. The summed E-state index contributed by atoms with van der Waals surface area (Å²) in [5.74, 6) is 0. The van der Waals surface area contributed by atoms with Gasteiger partial charge in [-0.25, -0.2) is 4.98 Å². The van der Waals surface area contributed by atoms with E-state index in [0.29, 0.717) is 0 Å². The van der Waals surface area contributed by atoms with Crippen LogP contribution < -0.4 is 5.56 Å². The third-order valence-corrected chi connectivity index (χ3v) is 3.65. The van der Waals surface area contributed by atoms with Gasteiger partial charge in [0.1, 0.15) is 0 Å². The zero-order valence-electron chi connectivity index (χ0n) is 12.1. The molecule has 0 bridgehead atoms. The predicted molar refractivity (Wildman–Crippen MR) is 83.7 cm³/mol. The molecular weight excluding hydrogens is 262 g/mol. The number of aromatic nitrogens is 3. The number of aromatic amines is 1. The molecule has 4 heteroatoms. The molecule has 3 rings (SSSR count). The van der Waals surface area contributed by atoms with Crippen molar-refractivity contribution in [3.8, 4) is 16.9 Å². The number of nitrogens with one attached hydrogen (secondary N) is 1. The van der Waals surface area contributed by atoms with Crippen molar-refractivity contribution in [2.24, 2.45) is 0 Å². The topological polar surface area (TPSA) is 50.7 Å². The van der Waals surface area contributed by atoms with Crippen molar-refractivity contribution in [3.63, 3.8) is 0 Å². The second kappa shape index (κ2) is 5.40. The number of imidazole rings is 1. The van der Waals surface area contributed by atoms with Gasteiger partial charge in [-0.15, -0.1) is 0 Å². The smallest absolute Gasteiger partial charge is 0.251 e. The van der Waals surface area contributed by atoms with Crippen molar-refractivity contribution in [1.29, 1.82) is 0 Å². The van der Waals surface area contributed by atoms with E-state index in [1.807, 2.05) is 48.0 Å². The van der Waals surface area contributed by atoms with Gasteiger partial charge in [0.25, 0.3) is 5.56 Å². The molecule has 1 N–H and O–H groups in total. The minimum Gasteiger partial charge on any atom is -0.321 e. The van der Waals surface area contributed by atoms with Gasteiger partial charge in [0.15, 0.2) is 0 Å². The molecule has 0 unspecified atom stereocenters. The Balaban J connectivity index is 2.05. The highest BCUT2D eigenvalue weighted by atomic mass is 16.1. The van der Waals surface area contributed by atoms with E-state index in [1.54, 1.807) is 12.5 Å². The van der Waals surface area contributed by atoms with Gasteiger partial charge >= 0.3 is 0 Å². The van der Waals surface area contributed by atoms with Crippen molar-refractivity contribution < 1.29 is 0 Å². The minimum absolute atomic E-state index is 0.0270. The zero-order chi connectivity index (χ0) is 14.8. The summed E-state index contributed by atoms with van der Waals surface area (Å²) in [7, 11) is 0. The molecule has 0 spiro atoms. The first-order valence-corrected chi connectivity index (χ1v) is 7.00. The van der Waals surface area contributed by atoms with Crippen LogP contribution in [0, 0.1) is 6.92 Å². The van der Waals surface area contributed by atoms with Crippen molar-refractivity contribution in [1.82, 2.24) is 14.5 Å². The monoisotopic (exact) mass is 279 g/mol. The SMILES string of the molecule is CCc1cc(C)c(=O)[nH]c1-c1ccc(-n2ccnc2)cc1. The summed E-state index contributed by atoms with van der Waals surface area (Å²) in [6, 6.07) is 10.1. The van der Waals surface area contributed by atoms with E-state index in [-0.39, 0.29) is 5.56 Å². The van der Waals surface area contributed by atoms with E-state index in [1.165, 1.54) is 0 Å². The molecule has 106 valence electrons. The molecule has 21 heavy (non-hydrogen) atoms. The number of H-pyrrole nitrogens is 1. The molecule has 0 atom stereocenters. The Bertz CT molecular complexity index is 799. The largest absolute Gasteiger partial charge is 0.321 e. The van der Waals surface area contributed by atoms with Crippen LogP contribution in [-0.2, 0) is 6.42 Å². The summed E-state index contributed by atoms with van der Waals surface area (Å²) in [6.45, 7) is 3.93. The third-order valence-electron chi connectivity index (χ3n) is 3.65. The van der Waals surface area contributed by atoms with Crippen LogP contribution in [0.3, 0.4) is 0 Å². The second-order valence-electron chi connectivity index (χ2n) is 5.05. The molecule has 0 aliphatic heterocycles. The van der Waals surface area contributed by atoms with Gasteiger partial charge in [-0.05, 0) is 42.7 Å². The summed E-state index contributed by atoms with van der Waals surface area (Å²) in [5, 5.41) is 0. The Hall–Kier alpha value is -2.62. The lowest BCUT2D eigenvalue weighted by atomic mass is 10.0. The maximum Gasteiger partial charge on any atom is 0.251 e. The van der Waals surface area contributed by atoms with Gasteiger partial charge in [0.2, 0.25) is 0 Å². The Labute approximate surface area is 123 Å². The Morgan fingerprint density at radius 1 is 1.24 bits per heavy atom. The number of benzene rings is 1. The molecule has 0 fully saturated rings. The lowest BCUT2D eigenvalue weighted by Gasteiger charge is -2.10. The highest BCUT2D eigenvalue weighted by Gasteiger charge is 2.07. The lowest BCUT2D eigenvalue weighted by molar-refractivity contribution is 1.05. The molecule has 0 aliphatic carbocycles. The first-order valence-electron chi connectivity index (χ1n) is 7.00. The molecule has 0 amide bonds. The molecule has 3 aromatic rings. The summed E-state index contributed by atoms with van der Waals surface area (Å²) in [6.07, 6.45) is 6.30. The fourth-order valence-electron chi connectivity index (χ4n) is 2.44. The number of hydrogen-bond acceptors (Lipinski definition) is 2. The average molecular weight is 279 g/mol. The lowest BCUT2D eigenvalue weighted by Crippen LogP contribution is -2.12. The van der Waals surface area contributed by atoms with Crippen LogP contribution in [0.2, 0.25) is 0 Å². The first-order chi connectivity index (χ1) is 10.2. The predicted octanol–water partition coefficient (Wildman–Crippen LogP) is 3.10. The van der Waals surface area contributed by atoms with E-state index < -0.39 is 0 Å². The normalized spacial score (nSPS) is 10.8. The third kappa shape index (κ3) is 2.52. The molecule has 0 radical (unpaired) electrons. The number of rotatable bonds is 3. The van der Waals surface area contributed by atoms with Crippen molar-refractivity contribution in [3.05, 3.63) is 70.5 Å². The average Bonchev–Trinajstić information content (AvgIpc) is 3.04. The molecule has 4 nitrogen and oxygen atoms in total. The summed E-state index contributed by atoms with van der Waals surface area (Å²) < 4.78 is 1.95. The maximum absolute atomic E-state index is 11.9. The molecule has 1 aromatic carbocycles. The Morgan fingerprint density at radius 3 is 2.62 bits per heavy atom. The van der Waals surface area contributed by atoms with Crippen molar-refractivity contribution >= 4 is 0 Å². The van der Waals surface area contributed by atoms with Gasteiger partial charge in [-0.2, -0.15) is 0 Å². The van der Waals surface area contributed by atoms with E-state index in [0.717, 1.165) is 34.5 Å². The van der Waals surface area contributed by atoms with E-state index in [4.69, 9.17) is 0 Å². The number of aryl methyl sites for hydroxylation is 2. The highest BCUT2D eigenvalue weighted by Crippen LogP contribution is 2.22. The Morgan fingerprint density at radius 2 is 2.00 bits per heavy atom. The molecule has 2 heterocycles. The van der Waals surface area contributed by atoms with E-state index in [2.05, 4.69) is 16.9 Å². The molecule has 0 saturated carbocycles. The number of pyridine rings is 1. The second-order valence-corrected chi connectivity index (χ2v) is 5.05. The molecular formula is C17H17N3O. The Kier molecular flexibility index (Phi) is 3.44. The molecule has 2 aromatic heterocycles. The minimum atomic E-state index is -0.0270. The van der Waals surface area contributed by atoms with Crippen LogP contribution in [0.4, 0.5) is 0 Å². The van der Waals surface area contributed by atoms with Crippen LogP contribution in [0.1, 0.15) is 18.1 Å². The van der Waals surface area contributed by atoms with Crippen LogP contribution in [-0.4, -0.2) is 14.5 Å². The molecule has 0 saturated heterocycles. The highest BCUT2D eigenvalue weighted by molar-refractivity contribution is 5.64. The maximum atomic E-state index is 11.9. The van der Waals surface area contributed by atoms with Gasteiger partial charge < -0.3 is 9.55 Å². The fourth-order valence-corrected chi connectivity index (χ4v) is 2.44. The van der Waals surface area contributed by atoms with Crippen LogP contribution in [0.25, 0.3) is 16.9 Å². The van der Waals surface area contributed by atoms with Gasteiger partial charge in [-0.3, -0.25) is 4.79 Å². The summed E-state index contributed by atoms with van der Waals surface area (Å²) in [5.41, 5.74) is 4.86. The van der Waals surface area contributed by atoms with E-state index in [9.17, 15) is 4.79 Å². The van der Waals surface area contributed by atoms with Gasteiger partial charge in [0.05, 0.1) is 12.0 Å². The van der Waals surface area contributed by atoms with Crippen molar-refractivity contribution in [2.45, 2.75) is 20.3 Å². The summed E-state index contributed by atoms with van der Waals surface area (Å²) in [4.78, 5) is 18.9. The number of nitrogens with zero attached hydrogens (tertiary/aromatic N) is 2. The van der Waals surface area contributed by atoms with Crippen molar-refractivity contribution in [2.75, 3.05) is 0 Å². The van der Waals surface area contributed by atoms with Crippen LogP contribution >= 0.6 is 0 Å². The quantitative estimate of drug-likeness (QED) is 0.801. The molecule has 0 aliphatic rings. The first kappa shape index (κ1) is 13.4. The van der Waals surface area contributed by atoms with Crippen LogP contribution in [0.5, 0.6) is 0 Å².